The molecule has 0 unspecified atom stereocenters. The first kappa shape index (κ1) is 20.2. The van der Waals surface area contributed by atoms with Crippen molar-refractivity contribution in [3.05, 3.63) is 71.5 Å². The molecule has 0 atom stereocenters. The van der Waals surface area contributed by atoms with Crippen LogP contribution in [0.5, 0.6) is 0 Å². The number of anilines is 2. The second-order valence-corrected chi connectivity index (χ2v) is 7.79. The predicted molar refractivity (Wildman–Crippen MR) is 122 cm³/mol. The van der Waals surface area contributed by atoms with E-state index in [4.69, 9.17) is 0 Å². The minimum atomic E-state index is -0.194. The number of hydrogen-bond acceptors (Lipinski definition) is 4. The Bertz CT molecular complexity index is 1020. The molecule has 1 aliphatic rings. The number of piperazine rings is 1. The van der Waals surface area contributed by atoms with Gasteiger partial charge in [0.1, 0.15) is 0 Å². The lowest BCUT2D eigenvalue weighted by atomic mass is 10.1. The molecule has 0 aliphatic carbocycles. The number of carbonyl (C=O) groups is 1. The third-order valence-corrected chi connectivity index (χ3v) is 5.76. The molecule has 1 fully saturated rings. The highest BCUT2D eigenvalue weighted by Gasteiger charge is 2.18. The van der Waals surface area contributed by atoms with Crippen LogP contribution in [-0.4, -0.2) is 53.3 Å². The monoisotopic (exact) mass is 403 g/mol. The summed E-state index contributed by atoms with van der Waals surface area (Å²) in [4.78, 5) is 17.7. The molecule has 1 saturated heterocycles. The third-order valence-electron chi connectivity index (χ3n) is 5.76. The summed E-state index contributed by atoms with van der Waals surface area (Å²) in [5.74, 6) is -0.194. The molecule has 0 bridgehead atoms. The highest BCUT2D eigenvalue weighted by molar-refractivity contribution is 6.03. The van der Waals surface area contributed by atoms with Crippen LogP contribution in [-0.2, 0) is 0 Å². The summed E-state index contributed by atoms with van der Waals surface area (Å²) in [5.41, 5.74) is 5.37. The van der Waals surface area contributed by atoms with Crippen LogP contribution in [0, 0.1) is 13.8 Å². The lowest BCUT2D eigenvalue weighted by Gasteiger charge is -2.35. The average Bonchev–Trinajstić information content (AvgIpc) is 3.17. The van der Waals surface area contributed by atoms with Gasteiger partial charge in [-0.2, -0.15) is 5.10 Å². The number of likely N-dealkylation sites (N-methyl/N-ethyl adjacent to an activating group) is 1. The van der Waals surface area contributed by atoms with Crippen molar-refractivity contribution in [2.75, 3.05) is 42.9 Å². The molecule has 4 rings (SSSR count). The Labute approximate surface area is 178 Å². The van der Waals surface area contributed by atoms with Gasteiger partial charge in [0.05, 0.1) is 5.69 Å². The molecule has 2 heterocycles. The van der Waals surface area contributed by atoms with Gasteiger partial charge in [0, 0.05) is 43.2 Å². The fourth-order valence-electron chi connectivity index (χ4n) is 3.91. The van der Waals surface area contributed by atoms with Crippen LogP contribution in [0.4, 0.5) is 11.4 Å². The quantitative estimate of drug-likeness (QED) is 0.702. The van der Waals surface area contributed by atoms with Gasteiger partial charge in [-0.3, -0.25) is 4.79 Å². The van der Waals surface area contributed by atoms with Crippen LogP contribution in [0.1, 0.15) is 28.7 Å². The minimum absolute atomic E-state index is 0.194. The van der Waals surface area contributed by atoms with Crippen LogP contribution in [0.2, 0.25) is 0 Å². The molecule has 3 aromatic rings. The van der Waals surface area contributed by atoms with E-state index < -0.39 is 0 Å². The summed E-state index contributed by atoms with van der Waals surface area (Å²) in [7, 11) is 0. The molecule has 0 radical (unpaired) electrons. The topological polar surface area (TPSA) is 53.4 Å². The Hall–Kier alpha value is -3.12. The Morgan fingerprint density at radius 1 is 0.967 bits per heavy atom. The SMILES string of the molecule is CCN1CCN(c2ccc(NC(=O)c3cc(C)n(-c4ccccc4)n3)c(C)c2)CC1. The highest BCUT2D eigenvalue weighted by Crippen LogP contribution is 2.24. The molecule has 1 aromatic heterocycles. The van der Waals surface area contributed by atoms with Crippen molar-refractivity contribution < 1.29 is 4.79 Å². The second-order valence-electron chi connectivity index (χ2n) is 7.79. The minimum Gasteiger partial charge on any atom is -0.369 e. The first-order chi connectivity index (χ1) is 14.5. The molecule has 0 saturated carbocycles. The summed E-state index contributed by atoms with van der Waals surface area (Å²) < 4.78 is 1.79. The Morgan fingerprint density at radius 3 is 2.37 bits per heavy atom. The van der Waals surface area contributed by atoms with Crippen LogP contribution >= 0.6 is 0 Å². The number of hydrogen-bond donors (Lipinski definition) is 1. The Kier molecular flexibility index (Phi) is 5.86. The maximum Gasteiger partial charge on any atom is 0.276 e. The highest BCUT2D eigenvalue weighted by atomic mass is 16.2. The molecule has 1 N–H and O–H groups in total. The number of nitrogens with zero attached hydrogens (tertiary/aromatic N) is 4. The van der Waals surface area contributed by atoms with Gasteiger partial charge in [-0.15, -0.1) is 0 Å². The van der Waals surface area contributed by atoms with Gasteiger partial charge < -0.3 is 15.1 Å². The van der Waals surface area contributed by atoms with E-state index in [1.165, 1.54) is 5.69 Å². The molecule has 1 amide bonds. The fourth-order valence-corrected chi connectivity index (χ4v) is 3.91. The lowest BCUT2D eigenvalue weighted by molar-refractivity contribution is 0.102. The number of carbonyl (C=O) groups excluding carboxylic acids is 1. The van der Waals surface area contributed by atoms with Crippen LogP contribution in [0.15, 0.2) is 54.6 Å². The Morgan fingerprint density at radius 2 is 1.70 bits per heavy atom. The zero-order chi connectivity index (χ0) is 21.1. The normalized spacial score (nSPS) is 14.7. The third kappa shape index (κ3) is 4.24. The molecular weight excluding hydrogens is 374 g/mol. The molecule has 30 heavy (non-hydrogen) atoms. The molecule has 6 nitrogen and oxygen atoms in total. The zero-order valence-electron chi connectivity index (χ0n) is 17.9. The summed E-state index contributed by atoms with van der Waals surface area (Å²) in [6, 6.07) is 17.9. The van der Waals surface area contributed by atoms with Crippen LogP contribution in [0.25, 0.3) is 5.69 Å². The van der Waals surface area contributed by atoms with Gasteiger partial charge in [-0.05, 0) is 62.4 Å². The van der Waals surface area contributed by atoms with E-state index in [-0.39, 0.29) is 5.91 Å². The van der Waals surface area contributed by atoms with E-state index in [0.29, 0.717) is 5.69 Å². The van der Waals surface area contributed by atoms with E-state index in [1.807, 2.05) is 56.3 Å². The van der Waals surface area contributed by atoms with Gasteiger partial charge in [0.15, 0.2) is 5.69 Å². The summed E-state index contributed by atoms with van der Waals surface area (Å²) >= 11 is 0. The second kappa shape index (κ2) is 8.71. The number of rotatable bonds is 5. The first-order valence-electron chi connectivity index (χ1n) is 10.6. The fraction of sp³-hybridized carbons (Fsp3) is 0.333. The molecule has 1 aliphatic heterocycles. The molecule has 0 spiro atoms. The number of amides is 1. The number of benzene rings is 2. The number of nitrogens with one attached hydrogen (secondary N) is 1. The van der Waals surface area contributed by atoms with E-state index in [0.717, 1.165) is 55.4 Å². The van der Waals surface area contributed by atoms with Gasteiger partial charge in [0.25, 0.3) is 5.91 Å². The van der Waals surface area contributed by atoms with Gasteiger partial charge in [-0.1, -0.05) is 25.1 Å². The van der Waals surface area contributed by atoms with Gasteiger partial charge in [0.2, 0.25) is 0 Å². The molecule has 6 heteroatoms. The summed E-state index contributed by atoms with van der Waals surface area (Å²) in [6.07, 6.45) is 0. The zero-order valence-corrected chi connectivity index (χ0v) is 17.9. The van der Waals surface area contributed by atoms with Crippen molar-refractivity contribution in [1.82, 2.24) is 14.7 Å². The van der Waals surface area contributed by atoms with E-state index in [2.05, 4.69) is 39.3 Å². The van der Waals surface area contributed by atoms with Crippen LogP contribution in [0.3, 0.4) is 0 Å². The van der Waals surface area contributed by atoms with Gasteiger partial charge >= 0.3 is 0 Å². The number of para-hydroxylation sites is 1. The standard InChI is InChI=1S/C24H29N5O/c1-4-27-12-14-28(15-13-27)21-10-11-22(18(2)16-21)25-24(30)23-17-19(3)29(26-23)20-8-6-5-7-9-20/h5-11,16-17H,4,12-15H2,1-3H3,(H,25,30). The van der Waals surface area contributed by atoms with Crippen molar-refractivity contribution in [3.8, 4) is 5.69 Å². The number of aryl methyl sites for hydroxylation is 2. The molecular formula is C24H29N5O. The van der Waals surface area contributed by atoms with Crippen molar-refractivity contribution in [1.29, 1.82) is 0 Å². The van der Waals surface area contributed by atoms with E-state index in [1.54, 1.807) is 4.68 Å². The first-order valence-corrected chi connectivity index (χ1v) is 10.6. The smallest absolute Gasteiger partial charge is 0.276 e. The van der Waals surface area contributed by atoms with Gasteiger partial charge in [-0.25, -0.2) is 4.68 Å². The maximum atomic E-state index is 12.8. The van der Waals surface area contributed by atoms with Crippen LogP contribution < -0.4 is 10.2 Å². The molecule has 156 valence electrons. The molecule has 2 aromatic carbocycles. The predicted octanol–water partition coefficient (Wildman–Crippen LogP) is 3.88. The van der Waals surface area contributed by atoms with Crippen molar-refractivity contribution in [2.45, 2.75) is 20.8 Å². The van der Waals surface area contributed by atoms with E-state index in [9.17, 15) is 4.79 Å². The lowest BCUT2D eigenvalue weighted by Crippen LogP contribution is -2.46. The Balaban J connectivity index is 1.46. The van der Waals surface area contributed by atoms with Crippen molar-refractivity contribution in [3.63, 3.8) is 0 Å². The van der Waals surface area contributed by atoms with Crippen molar-refractivity contribution in [2.24, 2.45) is 0 Å². The van der Waals surface area contributed by atoms with Crippen molar-refractivity contribution >= 4 is 17.3 Å². The average molecular weight is 404 g/mol. The van der Waals surface area contributed by atoms with E-state index >= 15 is 0 Å². The summed E-state index contributed by atoms with van der Waals surface area (Å²) in [6.45, 7) is 11.6. The number of aromatic nitrogens is 2. The summed E-state index contributed by atoms with van der Waals surface area (Å²) in [5, 5.41) is 7.53. The largest absolute Gasteiger partial charge is 0.369 e. The maximum absolute atomic E-state index is 12.8.